The average Bonchev–Trinajstić information content (AvgIpc) is 3.12. The van der Waals surface area contributed by atoms with Gasteiger partial charge < -0.3 is 4.90 Å². The number of hydrogen-bond donors (Lipinski definition) is 0. The van der Waals surface area contributed by atoms with Gasteiger partial charge in [-0.05, 0) is 30.9 Å². The van der Waals surface area contributed by atoms with Crippen LogP contribution in [0, 0.1) is 10.1 Å². The molecule has 0 bridgehead atoms. The minimum absolute atomic E-state index is 0.150. The Balaban J connectivity index is 1.91. The molecule has 1 saturated carbocycles. The lowest BCUT2D eigenvalue weighted by atomic mass is 9.99. The van der Waals surface area contributed by atoms with Crippen LogP contribution in [0.3, 0.4) is 0 Å². The van der Waals surface area contributed by atoms with E-state index in [4.69, 9.17) is 4.99 Å². The molecular weight excluding hydrogens is 310 g/mol. The molecule has 1 spiro atoms. The van der Waals surface area contributed by atoms with Gasteiger partial charge >= 0.3 is 0 Å². The maximum absolute atomic E-state index is 11.0. The highest BCUT2D eigenvalue weighted by atomic mass is 32.2. The van der Waals surface area contributed by atoms with Gasteiger partial charge in [-0.2, -0.15) is 0 Å². The minimum Gasteiger partial charge on any atom is -0.348 e. The van der Waals surface area contributed by atoms with E-state index in [9.17, 15) is 10.1 Å². The monoisotopic (exact) mass is 333 g/mol. The molecule has 0 radical (unpaired) electrons. The highest BCUT2D eigenvalue weighted by Crippen LogP contribution is 2.44. The molecule has 23 heavy (non-hydrogen) atoms. The second kappa shape index (κ2) is 6.51. The molecule has 0 unspecified atom stereocenters. The fourth-order valence-corrected chi connectivity index (χ4v) is 5.01. The molecule has 5 nitrogen and oxygen atoms in total. The van der Waals surface area contributed by atoms with E-state index in [1.54, 1.807) is 18.2 Å². The Morgan fingerprint density at radius 1 is 1.39 bits per heavy atom. The Labute approximate surface area is 141 Å². The molecule has 3 rings (SSSR count). The molecule has 1 aromatic carbocycles. The van der Waals surface area contributed by atoms with E-state index in [1.807, 2.05) is 11.8 Å². The topological polar surface area (TPSA) is 58.7 Å². The summed E-state index contributed by atoms with van der Waals surface area (Å²) in [6.07, 6.45) is 6.86. The van der Waals surface area contributed by atoms with E-state index in [1.165, 1.54) is 25.7 Å². The third kappa shape index (κ3) is 3.09. The average molecular weight is 333 g/mol. The van der Waals surface area contributed by atoms with Crippen molar-refractivity contribution in [2.24, 2.45) is 4.99 Å². The Hall–Kier alpha value is -1.56. The molecule has 0 N–H and O–H groups in total. The van der Waals surface area contributed by atoms with Crippen LogP contribution in [0.15, 0.2) is 23.2 Å². The highest BCUT2D eigenvalue weighted by molar-refractivity contribution is 8.14. The van der Waals surface area contributed by atoms with Crippen LogP contribution in [-0.2, 0) is 6.42 Å². The maximum Gasteiger partial charge on any atom is 0.269 e. The van der Waals surface area contributed by atoms with Crippen LogP contribution in [0.4, 0.5) is 11.4 Å². The second-order valence-electron chi connectivity index (χ2n) is 6.49. The van der Waals surface area contributed by atoms with Crippen LogP contribution in [0.25, 0.3) is 0 Å². The molecule has 1 aromatic rings. The van der Waals surface area contributed by atoms with Crippen molar-refractivity contribution in [1.29, 1.82) is 0 Å². The van der Waals surface area contributed by atoms with Crippen molar-refractivity contribution in [2.45, 2.75) is 51.0 Å². The summed E-state index contributed by atoms with van der Waals surface area (Å²) in [5.41, 5.74) is 2.28. The van der Waals surface area contributed by atoms with Crippen LogP contribution in [0.5, 0.6) is 0 Å². The zero-order valence-electron chi connectivity index (χ0n) is 13.7. The summed E-state index contributed by atoms with van der Waals surface area (Å²) in [6.45, 7) is 2.08. The van der Waals surface area contributed by atoms with Crippen molar-refractivity contribution in [3.05, 3.63) is 33.9 Å². The molecule has 2 fully saturated rings. The first-order valence-corrected chi connectivity index (χ1v) is 9.27. The number of nitro benzene ring substituents is 1. The first-order chi connectivity index (χ1) is 11.1. The molecule has 2 aliphatic rings. The van der Waals surface area contributed by atoms with Crippen molar-refractivity contribution in [1.82, 2.24) is 4.90 Å². The van der Waals surface area contributed by atoms with Crippen molar-refractivity contribution >= 4 is 28.3 Å². The summed E-state index contributed by atoms with van der Waals surface area (Å²) >= 11 is 1.82. The smallest absolute Gasteiger partial charge is 0.269 e. The van der Waals surface area contributed by atoms with E-state index in [0.29, 0.717) is 0 Å². The Kier molecular flexibility index (Phi) is 4.62. The Bertz CT molecular complexity index is 639. The quantitative estimate of drug-likeness (QED) is 0.600. The molecule has 1 heterocycles. The van der Waals surface area contributed by atoms with Gasteiger partial charge in [0.1, 0.15) is 0 Å². The van der Waals surface area contributed by atoms with Gasteiger partial charge in [-0.1, -0.05) is 37.9 Å². The van der Waals surface area contributed by atoms with Crippen LogP contribution in [-0.4, -0.2) is 33.3 Å². The first-order valence-electron chi connectivity index (χ1n) is 8.28. The van der Waals surface area contributed by atoms with Gasteiger partial charge in [0.15, 0.2) is 5.17 Å². The van der Waals surface area contributed by atoms with Gasteiger partial charge in [0.05, 0.1) is 16.1 Å². The lowest BCUT2D eigenvalue weighted by Crippen LogP contribution is -2.42. The van der Waals surface area contributed by atoms with Gasteiger partial charge in [-0.25, -0.2) is 4.99 Å². The molecule has 0 amide bonds. The third-order valence-electron chi connectivity index (χ3n) is 5.01. The zero-order chi connectivity index (χ0) is 16.4. The predicted octanol–water partition coefficient (Wildman–Crippen LogP) is 4.53. The van der Waals surface area contributed by atoms with E-state index in [0.717, 1.165) is 35.0 Å². The van der Waals surface area contributed by atoms with E-state index >= 15 is 0 Å². The molecule has 1 aliphatic carbocycles. The molecular formula is C17H23N3O2S. The number of nitro groups is 1. The lowest BCUT2D eigenvalue weighted by molar-refractivity contribution is -0.384. The second-order valence-corrected chi connectivity index (χ2v) is 7.44. The zero-order valence-corrected chi connectivity index (χ0v) is 14.6. The van der Waals surface area contributed by atoms with Gasteiger partial charge in [-0.15, -0.1) is 0 Å². The number of hydrogen-bond acceptors (Lipinski definition) is 4. The van der Waals surface area contributed by atoms with E-state index < -0.39 is 0 Å². The van der Waals surface area contributed by atoms with Crippen LogP contribution < -0.4 is 0 Å². The summed E-state index contributed by atoms with van der Waals surface area (Å²) in [5, 5.41) is 12.0. The van der Waals surface area contributed by atoms with Gasteiger partial charge in [-0.3, -0.25) is 10.1 Å². The number of amidine groups is 1. The summed E-state index contributed by atoms with van der Waals surface area (Å²) < 4.78 is 0. The van der Waals surface area contributed by atoms with Gasteiger partial charge in [0, 0.05) is 24.9 Å². The van der Waals surface area contributed by atoms with Crippen LogP contribution in [0.2, 0.25) is 0 Å². The lowest BCUT2D eigenvalue weighted by Gasteiger charge is -2.32. The van der Waals surface area contributed by atoms with Gasteiger partial charge in [0.2, 0.25) is 0 Å². The predicted molar refractivity (Wildman–Crippen MR) is 95.6 cm³/mol. The van der Waals surface area contributed by atoms with Crippen LogP contribution >= 0.6 is 11.8 Å². The standard InChI is InChI=1S/C17H23N3O2S/c1-3-6-13-11-14(20(21)22)7-8-15(13)18-16-19(2)17(12-23-16)9-4-5-10-17/h7-8,11H,3-6,9-10,12H2,1-2H3. The van der Waals surface area contributed by atoms with Crippen LogP contribution in [0.1, 0.15) is 44.6 Å². The van der Waals surface area contributed by atoms with Crippen molar-refractivity contribution < 1.29 is 4.92 Å². The molecule has 0 aromatic heterocycles. The number of aryl methyl sites for hydroxylation is 1. The molecule has 6 heteroatoms. The molecule has 1 saturated heterocycles. The first kappa shape index (κ1) is 16.3. The van der Waals surface area contributed by atoms with Gasteiger partial charge in [0.25, 0.3) is 5.69 Å². The Morgan fingerprint density at radius 2 is 2.13 bits per heavy atom. The van der Waals surface area contributed by atoms with Crippen molar-refractivity contribution in [3.8, 4) is 0 Å². The van der Waals surface area contributed by atoms with Crippen molar-refractivity contribution in [2.75, 3.05) is 12.8 Å². The third-order valence-corrected chi connectivity index (χ3v) is 6.32. The molecule has 0 atom stereocenters. The van der Waals surface area contributed by atoms with E-state index in [2.05, 4.69) is 18.9 Å². The number of aliphatic imine (C=N–C) groups is 1. The maximum atomic E-state index is 11.0. The molecule has 1 aliphatic heterocycles. The summed E-state index contributed by atoms with van der Waals surface area (Å²) in [5.74, 6) is 1.11. The number of thioether (sulfide) groups is 1. The summed E-state index contributed by atoms with van der Waals surface area (Å²) in [4.78, 5) is 17.9. The summed E-state index contributed by atoms with van der Waals surface area (Å²) in [7, 11) is 2.15. The minimum atomic E-state index is -0.333. The fourth-order valence-electron chi connectivity index (χ4n) is 3.58. The number of nitrogens with zero attached hydrogens (tertiary/aromatic N) is 3. The highest BCUT2D eigenvalue weighted by Gasteiger charge is 2.44. The Morgan fingerprint density at radius 3 is 2.78 bits per heavy atom. The fraction of sp³-hybridized carbons (Fsp3) is 0.588. The van der Waals surface area contributed by atoms with Crippen molar-refractivity contribution in [3.63, 3.8) is 0 Å². The largest absolute Gasteiger partial charge is 0.348 e. The number of rotatable bonds is 4. The summed E-state index contributed by atoms with van der Waals surface area (Å²) in [6, 6.07) is 5.03. The molecule has 124 valence electrons. The SMILES string of the molecule is CCCc1cc([N+](=O)[O-])ccc1N=C1SCC2(CCCC2)N1C. The normalized spacial score (nSPS) is 21.5. The van der Waals surface area contributed by atoms with E-state index in [-0.39, 0.29) is 16.1 Å². The number of benzene rings is 1. The number of non-ortho nitro benzene ring substituents is 1.